The van der Waals surface area contributed by atoms with Crippen molar-refractivity contribution in [2.24, 2.45) is 0 Å². The molecule has 0 aliphatic heterocycles. The molecule has 0 radical (unpaired) electrons. The fourth-order valence-corrected chi connectivity index (χ4v) is 1.40. The number of nitrogens with one attached hydrogen (secondary N) is 1. The lowest BCUT2D eigenvalue weighted by molar-refractivity contribution is 0.0989. The topological polar surface area (TPSA) is 55.1 Å². The molecule has 0 unspecified atom stereocenters. The number of oxazole rings is 1. The van der Waals surface area contributed by atoms with Gasteiger partial charge in [-0.3, -0.25) is 4.79 Å². The Hall–Kier alpha value is -1.81. The number of hydrogen-bond donors (Lipinski definition) is 1. The molecule has 0 bridgehead atoms. The summed E-state index contributed by atoms with van der Waals surface area (Å²) >= 11 is 5.79. The Morgan fingerprint density at radius 3 is 2.94 bits per heavy atom. The first kappa shape index (κ1) is 10.7. The highest BCUT2D eigenvalue weighted by atomic mass is 35.5. The van der Waals surface area contributed by atoms with Crippen LogP contribution < -0.4 is 5.32 Å². The third-order valence-corrected chi connectivity index (χ3v) is 2.13. The summed E-state index contributed by atoms with van der Waals surface area (Å²) in [5.41, 5.74) is 0.605. The zero-order valence-electron chi connectivity index (χ0n) is 8.53. The summed E-state index contributed by atoms with van der Waals surface area (Å²) in [7, 11) is 0. The van der Waals surface area contributed by atoms with Gasteiger partial charge in [-0.15, -0.1) is 0 Å². The van der Waals surface area contributed by atoms with Gasteiger partial charge < -0.3 is 9.73 Å². The van der Waals surface area contributed by atoms with Crippen LogP contribution in [0.5, 0.6) is 0 Å². The van der Waals surface area contributed by atoms with Gasteiger partial charge in [0.2, 0.25) is 0 Å². The van der Waals surface area contributed by atoms with E-state index in [0.717, 1.165) is 0 Å². The van der Waals surface area contributed by atoms with E-state index in [1.165, 1.54) is 6.20 Å². The van der Waals surface area contributed by atoms with E-state index in [4.69, 9.17) is 16.0 Å². The van der Waals surface area contributed by atoms with Crippen LogP contribution in [0.1, 0.15) is 16.4 Å². The van der Waals surface area contributed by atoms with Crippen LogP contribution in [0, 0.1) is 6.92 Å². The monoisotopic (exact) mass is 236 g/mol. The normalized spacial score (nSPS) is 10.1. The average molecular weight is 237 g/mol. The standard InChI is InChI=1S/C11H9ClN2O2/c1-7-6-13-11(16-7)10(15)14-9-4-2-3-8(12)5-9/h2-6H,1H3,(H,14,15). The number of amides is 1. The molecule has 0 saturated heterocycles. The third-order valence-electron chi connectivity index (χ3n) is 1.90. The molecule has 0 spiro atoms. The highest BCUT2D eigenvalue weighted by Crippen LogP contribution is 2.15. The highest BCUT2D eigenvalue weighted by molar-refractivity contribution is 6.30. The molecule has 1 N–H and O–H groups in total. The molecule has 82 valence electrons. The van der Waals surface area contributed by atoms with Gasteiger partial charge in [-0.25, -0.2) is 4.98 Å². The van der Waals surface area contributed by atoms with Gasteiger partial charge in [0.05, 0.1) is 6.20 Å². The second-order valence-electron chi connectivity index (χ2n) is 3.24. The van der Waals surface area contributed by atoms with Crippen molar-refractivity contribution >= 4 is 23.2 Å². The van der Waals surface area contributed by atoms with Crippen LogP contribution in [0.15, 0.2) is 34.9 Å². The smallest absolute Gasteiger partial charge is 0.311 e. The molecule has 4 nitrogen and oxygen atoms in total. The van der Waals surface area contributed by atoms with Gasteiger partial charge in [-0.05, 0) is 25.1 Å². The minimum Gasteiger partial charge on any atom is -0.438 e. The van der Waals surface area contributed by atoms with Crippen molar-refractivity contribution in [1.82, 2.24) is 4.98 Å². The molecular formula is C11H9ClN2O2. The minimum absolute atomic E-state index is 0.0393. The van der Waals surface area contributed by atoms with E-state index in [1.807, 2.05) is 0 Å². The predicted molar refractivity (Wildman–Crippen MR) is 60.6 cm³/mol. The van der Waals surface area contributed by atoms with Crippen LogP contribution in [-0.2, 0) is 0 Å². The second kappa shape index (κ2) is 4.37. The van der Waals surface area contributed by atoms with Gasteiger partial charge in [0.25, 0.3) is 5.89 Å². The number of hydrogen-bond acceptors (Lipinski definition) is 3. The Morgan fingerprint density at radius 2 is 2.31 bits per heavy atom. The maximum absolute atomic E-state index is 11.6. The van der Waals surface area contributed by atoms with E-state index in [2.05, 4.69) is 10.3 Å². The van der Waals surface area contributed by atoms with Gasteiger partial charge in [-0.1, -0.05) is 17.7 Å². The Balaban J connectivity index is 2.13. The zero-order valence-corrected chi connectivity index (χ0v) is 9.28. The quantitative estimate of drug-likeness (QED) is 0.872. The molecule has 16 heavy (non-hydrogen) atoms. The van der Waals surface area contributed by atoms with Gasteiger partial charge in [0, 0.05) is 10.7 Å². The van der Waals surface area contributed by atoms with Gasteiger partial charge in [0.1, 0.15) is 5.76 Å². The summed E-state index contributed by atoms with van der Waals surface area (Å²) in [6.45, 7) is 1.73. The van der Waals surface area contributed by atoms with E-state index in [-0.39, 0.29) is 5.89 Å². The van der Waals surface area contributed by atoms with Crippen molar-refractivity contribution in [2.75, 3.05) is 5.32 Å². The molecule has 0 aliphatic carbocycles. The number of aryl methyl sites for hydroxylation is 1. The van der Waals surface area contributed by atoms with Crippen LogP contribution in [0.3, 0.4) is 0 Å². The summed E-state index contributed by atoms with van der Waals surface area (Å²) in [4.78, 5) is 15.5. The van der Waals surface area contributed by atoms with Crippen LogP contribution in [0.25, 0.3) is 0 Å². The number of anilines is 1. The summed E-state index contributed by atoms with van der Waals surface area (Å²) in [5.74, 6) is 0.240. The number of aromatic nitrogens is 1. The van der Waals surface area contributed by atoms with Crippen molar-refractivity contribution in [3.8, 4) is 0 Å². The maximum atomic E-state index is 11.6. The Labute approximate surface area is 97.2 Å². The first-order valence-corrected chi connectivity index (χ1v) is 5.02. The van der Waals surface area contributed by atoms with Crippen molar-refractivity contribution in [2.45, 2.75) is 6.92 Å². The first-order valence-electron chi connectivity index (χ1n) is 4.64. The summed E-state index contributed by atoms with van der Waals surface area (Å²) in [5, 5.41) is 3.19. The number of rotatable bonds is 2. The number of carbonyl (C=O) groups is 1. The first-order chi connectivity index (χ1) is 7.65. The van der Waals surface area contributed by atoms with Crippen molar-refractivity contribution < 1.29 is 9.21 Å². The molecule has 1 amide bonds. The maximum Gasteiger partial charge on any atom is 0.311 e. The molecule has 0 saturated carbocycles. The molecule has 1 heterocycles. The third kappa shape index (κ3) is 2.41. The number of benzene rings is 1. The predicted octanol–water partition coefficient (Wildman–Crippen LogP) is 2.89. The fraction of sp³-hybridized carbons (Fsp3) is 0.0909. The van der Waals surface area contributed by atoms with Crippen molar-refractivity contribution in [1.29, 1.82) is 0 Å². The minimum atomic E-state index is -0.393. The van der Waals surface area contributed by atoms with Crippen molar-refractivity contribution in [3.63, 3.8) is 0 Å². The van der Waals surface area contributed by atoms with Crippen LogP contribution in [0.4, 0.5) is 5.69 Å². The van der Waals surface area contributed by atoms with Crippen LogP contribution >= 0.6 is 11.6 Å². The van der Waals surface area contributed by atoms with Gasteiger partial charge >= 0.3 is 5.91 Å². The van der Waals surface area contributed by atoms with E-state index < -0.39 is 5.91 Å². The Bertz CT molecular complexity index is 522. The lowest BCUT2D eigenvalue weighted by Crippen LogP contribution is -2.11. The molecule has 0 aliphatic rings. The molecule has 1 aromatic heterocycles. The summed E-state index contributed by atoms with van der Waals surface area (Å²) < 4.78 is 5.09. The zero-order chi connectivity index (χ0) is 11.5. The van der Waals surface area contributed by atoms with E-state index in [9.17, 15) is 4.79 Å². The molecule has 2 rings (SSSR count). The lowest BCUT2D eigenvalue weighted by atomic mass is 10.3. The van der Waals surface area contributed by atoms with Crippen molar-refractivity contribution in [3.05, 3.63) is 47.1 Å². The average Bonchev–Trinajstić information content (AvgIpc) is 2.65. The number of carbonyl (C=O) groups excluding carboxylic acids is 1. The van der Waals surface area contributed by atoms with Gasteiger partial charge in [-0.2, -0.15) is 0 Å². The molecule has 0 atom stereocenters. The fourth-order valence-electron chi connectivity index (χ4n) is 1.21. The molecular weight excluding hydrogens is 228 g/mol. The Morgan fingerprint density at radius 1 is 1.50 bits per heavy atom. The van der Waals surface area contributed by atoms with Crippen LogP contribution in [0.2, 0.25) is 5.02 Å². The summed E-state index contributed by atoms with van der Waals surface area (Å²) in [6.07, 6.45) is 1.49. The van der Waals surface area contributed by atoms with E-state index in [0.29, 0.717) is 16.5 Å². The molecule has 1 aromatic carbocycles. The Kier molecular flexibility index (Phi) is 2.92. The number of halogens is 1. The number of nitrogens with zero attached hydrogens (tertiary/aromatic N) is 1. The van der Waals surface area contributed by atoms with Crippen LogP contribution in [-0.4, -0.2) is 10.9 Å². The summed E-state index contributed by atoms with van der Waals surface area (Å²) in [6, 6.07) is 6.86. The van der Waals surface area contributed by atoms with E-state index >= 15 is 0 Å². The molecule has 2 aromatic rings. The molecule has 5 heteroatoms. The second-order valence-corrected chi connectivity index (χ2v) is 3.68. The highest BCUT2D eigenvalue weighted by Gasteiger charge is 2.11. The largest absolute Gasteiger partial charge is 0.438 e. The van der Waals surface area contributed by atoms with E-state index in [1.54, 1.807) is 31.2 Å². The SMILES string of the molecule is Cc1cnc(C(=O)Nc2cccc(Cl)c2)o1. The lowest BCUT2D eigenvalue weighted by Gasteiger charge is -2.02. The molecule has 0 fully saturated rings. The van der Waals surface area contributed by atoms with Gasteiger partial charge in [0.15, 0.2) is 0 Å².